The molecule has 0 aromatic carbocycles. The Hall–Kier alpha value is -2.41. The van der Waals surface area contributed by atoms with E-state index in [1.54, 1.807) is 13.8 Å². The van der Waals surface area contributed by atoms with Crippen LogP contribution in [0.5, 0.6) is 0 Å². The van der Waals surface area contributed by atoms with Gasteiger partial charge in [0, 0.05) is 17.2 Å². The molecule has 0 bridgehead atoms. The van der Waals surface area contributed by atoms with Crippen molar-refractivity contribution in [2.75, 3.05) is 26.4 Å². The summed E-state index contributed by atoms with van der Waals surface area (Å²) < 4.78 is 14.1. The van der Waals surface area contributed by atoms with Gasteiger partial charge < -0.3 is 19.3 Å². The topological polar surface area (TPSA) is 99.1 Å². The first-order valence-electron chi connectivity index (χ1n) is 11.1. The highest BCUT2D eigenvalue weighted by molar-refractivity contribution is 5.87. The number of ether oxygens (including phenoxy) is 3. The number of carbonyl (C=O) groups excluding carboxylic acids is 3. The fourth-order valence-electron chi connectivity index (χ4n) is 1.74. The van der Waals surface area contributed by atoms with E-state index in [9.17, 15) is 14.4 Å². The van der Waals surface area contributed by atoms with Crippen LogP contribution in [0.3, 0.4) is 0 Å². The second-order valence-electron chi connectivity index (χ2n) is 7.55. The zero-order chi connectivity index (χ0) is 25.4. The third kappa shape index (κ3) is 29.8. The van der Waals surface area contributed by atoms with E-state index in [1.807, 2.05) is 13.8 Å². The van der Waals surface area contributed by atoms with E-state index < -0.39 is 5.97 Å². The number of rotatable bonds is 14. The van der Waals surface area contributed by atoms with Gasteiger partial charge in [0.15, 0.2) is 0 Å². The fourth-order valence-corrected chi connectivity index (χ4v) is 1.74. The van der Waals surface area contributed by atoms with Gasteiger partial charge in [-0.25, -0.2) is 14.4 Å². The van der Waals surface area contributed by atoms with Crippen LogP contribution >= 0.6 is 0 Å². The third-order valence-corrected chi connectivity index (χ3v) is 3.48. The van der Waals surface area contributed by atoms with Crippen LogP contribution in [-0.2, 0) is 28.6 Å². The summed E-state index contributed by atoms with van der Waals surface area (Å²) >= 11 is 0. The van der Waals surface area contributed by atoms with Gasteiger partial charge in [0.2, 0.25) is 0 Å². The largest absolute Gasteiger partial charge is 0.463 e. The molecule has 7 nitrogen and oxygen atoms in total. The van der Waals surface area contributed by atoms with E-state index in [0.29, 0.717) is 30.3 Å². The molecule has 0 aliphatic rings. The van der Waals surface area contributed by atoms with Crippen molar-refractivity contribution in [1.29, 1.82) is 0 Å². The van der Waals surface area contributed by atoms with Crippen LogP contribution in [0, 0.1) is 5.92 Å². The van der Waals surface area contributed by atoms with Gasteiger partial charge in [0.05, 0.1) is 19.8 Å². The Morgan fingerprint density at radius 3 is 1.78 bits per heavy atom. The van der Waals surface area contributed by atoms with Gasteiger partial charge in [0.25, 0.3) is 0 Å². The SMILES string of the molecule is C=C(C)C(=O)OCC(C)C.C=C(C)C(=O)OCCO.C=CC(=O)OCCCCCCCC. The number of aliphatic hydroxyl groups is 1. The highest BCUT2D eigenvalue weighted by Crippen LogP contribution is 2.04. The van der Waals surface area contributed by atoms with E-state index in [1.165, 1.54) is 31.8 Å². The molecule has 0 radical (unpaired) electrons. The molecule has 32 heavy (non-hydrogen) atoms. The zero-order valence-electron chi connectivity index (χ0n) is 20.7. The Balaban J connectivity index is -0.000000403. The molecule has 0 spiro atoms. The first kappa shape index (κ1) is 34.2. The molecular weight excluding hydrogens is 412 g/mol. The van der Waals surface area contributed by atoms with Crippen molar-refractivity contribution in [2.45, 2.75) is 73.1 Å². The average Bonchev–Trinajstić information content (AvgIpc) is 2.75. The van der Waals surface area contributed by atoms with Gasteiger partial charge in [-0.1, -0.05) is 72.6 Å². The Bertz CT molecular complexity index is 550. The lowest BCUT2D eigenvalue weighted by Crippen LogP contribution is -2.09. The predicted octanol–water partition coefficient (Wildman–Crippen LogP) is 4.94. The van der Waals surface area contributed by atoms with Crippen LogP contribution in [-0.4, -0.2) is 49.4 Å². The number of carbonyl (C=O) groups is 3. The Morgan fingerprint density at radius 2 is 1.34 bits per heavy atom. The second-order valence-corrected chi connectivity index (χ2v) is 7.55. The summed E-state index contributed by atoms with van der Waals surface area (Å²) in [5.41, 5.74) is 0.809. The molecule has 186 valence electrons. The highest BCUT2D eigenvalue weighted by atomic mass is 16.5. The molecule has 0 atom stereocenters. The summed E-state index contributed by atoms with van der Waals surface area (Å²) in [6, 6.07) is 0. The summed E-state index contributed by atoms with van der Waals surface area (Å²) in [5.74, 6) is -0.672. The summed E-state index contributed by atoms with van der Waals surface area (Å²) in [6.45, 7) is 20.4. The average molecular weight is 457 g/mol. The van der Waals surface area contributed by atoms with Crippen LogP contribution in [0.1, 0.15) is 73.1 Å². The van der Waals surface area contributed by atoms with Crippen molar-refractivity contribution >= 4 is 17.9 Å². The van der Waals surface area contributed by atoms with Crippen LogP contribution in [0.2, 0.25) is 0 Å². The molecule has 0 amide bonds. The highest BCUT2D eigenvalue weighted by Gasteiger charge is 2.03. The molecule has 0 rings (SSSR count). The number of aliphatic hydroxyl groups excluding tert-OH is 1. The molecule has 0 saturated carbocycles. The summed E-state index contributed by atoms with van der Waals surface area (Å²) in [7, 11) is 0. The van der Waals surface area contributed by atoms with Gasteiger partial charge in [-0.2, -0.15) is 0 Å². The Labute approximate surface area is 194 Å². The van der Waals surface area contributed by atoms with E-state index in [0.717, 1.165) is 12.8 Å². The smallest absolute Gasteiger partial charge is 0.333 e. The minimum Gasteiger partial charge on any atom is -0.463 e. The fraction of sp³-hybridized carbons (Fsp3) is 0.640. The molecule has 1 N–H and O–H groups in total. The van der Waals surface area contributed by atoms with Crippen molar-refractivity contribution < 1.29 is 33.7 Å². The third-order valence-electron chi connectivity index (χ3n) is 3.48. The maximum atomic E-state index is 10.7. The minimum absolute atomic E-state index is 0.0473. The van der Waals surface area contributed by atoms with E-state index in [2.05, 4.69) is 31.4 Å². The van der Waals surface area contributed by atoms with Crippen molar-refractivity contribution in [3.63, 3.8) is 0 Å². The van der Waals surface area contributed by atoms with Crippen molar-refractivity contribution in [2.24, 2.45) is 5.92 Å². The number of hydrogen-bond donors (Lipinski definition) is 1. The van der Waals surface area contributed by atoms with Crippen LogP contribution in [0.15, 0.2) is 37.0 Å². The van der Waals surface area contributed by atoms with Crippen LogP contribution < -0.4 is 0 Å². The van der Waals surface area contributed by atoms with Gasteiger partial charge >= 0.3 is 17.9 Å². The summed E-state index contributed by atoms with van der Waals surface area (Å²) in [4.78, 5) is 31.8. The van der Waals surface area contributed by atoms with Crippen molar-refractivity contribution in [3.8, 4) is 0 Å². The predicted molar refractivity (Wildman–Crippen MR) is 128 cm³/mol. The van der Waals surface area contributed by atoms with Gasteiger partial charge in [-0.05, 0) is 26.2 Å². The first-order valence-corrected chi connectivity index (χ1v) is 11.1. The lowest BCUT2D eigenvalue weighted by Gasteiger charge is -2.05. The lowest BCUT2D eigenvalue weighted by atomic mass is 10.1. The quantitative estimate of drug-likeness (QED) is 0.171. The first-order chi connectivity index (χ1) is 15.0. The summed E-state index contributed by atoms with van der Waals surface area (Å²) in [6.07, 6.45) is 8.47. The Morgan fingerprint density at radius 1 is 0.844 bits per heavy atom. The number of esters is 3. The monoisotopic (exact) mass is 456 g/mol. The molecule has 0 unspecified atom stereocenters. The standard InChI is InChI=1S/C11H20O2.C8H14O2.C6H10O3/c1-3-5-6-7-8-9-10-13-11(12)4-2;1-6(2)5-10-8(9)7(3)4;1-5(2)6(8)9-4-3-7/h4H,2-3,5-10H2,1H3;6H,3,5H2,1-2,4H3;7H,1,3-4H2,2H3. The molecule has 7 heteroatoms. The number of unbranched alkanes of at least 4 members (excludes halogenated alkanes) is 5. The molecule has 0 aromatic rings. The van der Waals surface area contributed by atoms with Gasteiger partial charge in [-0.3, -0.25) is 0 Å². The van der Waals surface area contributed by atoms with E-state index >= 15 is 0 Å². The molecule has 0 heterocycles. The molecule has 0 aliphatic carbocycles. The molecular formula is C25H44O7. The molecule has 0 aromatic heterocycles. The van der Waals surface area contributed by atoms with E-state index in [4.69, 9.17) is 14.6 Å². The normalized spacial score (nSPS) is 9.34. The Kier molecular flexibility index (Phi) is 26.6. The zero-order valence-corrected chi connectivity index (χ0v) is 20.7. The van der Waals surface area contributed by atoms with Crippen LogP contribution in [0.4, 0.5) is 0 Å². The molecule has 0 fully saturated rings. The molecule has 0 aliphatic heterocycles. The van der Waals surface area contributed by atoms with E-state index in [-0.39, 0.29) is 25.2 Å². The maximum absolute atomic E-state index is 10.7. The van der Waals surface area contributed by atoms with Crippen molar-refractivity contribution in [3.05, 3.63) is 37.0 Å². The minimum atomic E-state index is -0.455. The summed E-state index contributed by atoms with van der Waals surface area (Å²) in [5, 5.41) is 8.19. The van der Waals surface area contributed by atoms with Crippen molar-refractivity contribution in [1.82, 2.24) is 0 Å². The lowest BCUT2D eigenvalue weighted by molar-refractivity contribution is -0.140. The van der Waals surface area contributed by atoms with Crippen LogP contribution in [0.25, 0.3) is 0 Å². The van der Waals surface area contributed by atoms with Gasteiger partial charge in [0.1, 0.15) is 6.61 Å². The second kappa shape index (κ2) is 24.9. The van der Waals surface area contributed by atoms with Gasteiger partial charge in [-0.15, -0.1) is 0 Å². The maximum Gasteiger partial charge on any atom is 0.333 e. The molecule has 0 saturated heterocycles. The number of hydrogen-bond acceptors (Lipinski definition) is 7.